The van der Waals surface area contributed by atoms with Gasteiger partial charge in [0.1, 0.15) is 0 Å². The van der Waals surface area contributed by atoms with Crippen LogP contribution in [0.1, 0.15) is 38.8 Å². The normalized spacial score (nSPS) is 11.6. The molecule has 0 unspecified atom stereocenters. The highest BCUT2D eigenvalue weighted by Gasteiger charge is 2.13. The molecule has 0 aliphatic carbocycles. The van der Waals surface area contributed by atoms with E-state index >= 15 is 0 Å². The van der Waals surface area contributed by atoms with E-state index in [1.165, 1.54) is 20.9 Å². The molecule has 2 aromatic carbocycles. The third-order valence-electron chi connectivity index (χ3n) is 3.49. The van der Waals surface area contributed by atoms with Gasteiger partial charge in [-0.3, -0.25) is 0 Å². The van der Waals surface area contributed by atoms with Crippen molar-refractivity contribution in [2.45, 2.75) is 49.4 Å². The summed E-state index contributed by atoms with van der Waals surface area (Å²) < 4.78 is 0. The summed E-state index contributed by atoms with van der Waals surface area (Å²) in [5.74, 6) is 0. The molecular weight excluding hydrogens is 274 g/mol. The van der Waals surface area contributed by atoms with Gasteiger partial charge < -0.3 is 5.32 Å². The van der Waals surface area contributed by atoms with E-state index in [2.05, 4.69) is 81.5 Å². The molecule has 0 amide bonds. The summed E-state index contributed by atoms with van der Waals surface area (Å²) in [4.78, 5) is 2.63. The molecule has 0 aliphatic rings. The highest BCUT2D eigenvalue weighted by molar-refractivity contribution is 7.99. The molecule has 1 N–H and O–H groups in total. The Labute approximate surface area is 133 Å². The molecule has 0 fully saturated rings. The van der Waals surface area contributed by atoms with Crippen LogP contribution in [0.25, 0.3) is 0 Å². The van der Waals surface area contributed by atoms with Gasteiger partial charge in [0.2, 0.25) is 0 Å². The Morgan fingerprint density at radius 3 is 2.24 bits per heavy atom. The molecule has 0 atom stereocenters. The lowest BCUT2D eigenvalue weighted by Gasteiger charge is -2.19. The van der Waals surface area contributed by atoms with E-state index in [0.29, 0.717) is 0 Å². The van der Waals surface area contributed by atoms with Gasteiger partial charge in [-0.05, 0) is 41.3 Å². The average molecular weight is 299 g/mol. The monoisotopic (exact) mass is 299 g/mol. The average Bonchev–Trinajstić information content (AvgIpc) is 2.46. The van der Waals surface area contributed by atoms with Crippen molar-refractivity contribution >= 4 is 11.8 Å². The second-order valence-electron chi connectivity index (χ2n) is 6.26. The molecule has 0 saturated heterocycles. The Kier molecular flexibility index (Phi) is 5.49. The van der Waals surface area contributed by atoms with Crippen molar-refractivity contribution in [2.75, 3.05) is 6.54 Å². The summed E-state index contributed by atoms with van der Waals surface area (Å²) in [6.45, 7) is 10.8. The van der Waals surface area contributed by atoms with E-state index in [-0.39, 0.29) is 5.41 Å². The van der Waals surface area contributed by atoms with Gasteiger partial charge in [0.15, 0.2) is 0 Å². The van der Waals surface area contributed by atoms with Crippen molar-refractivity contribution in [1.82, 2.24) is 5.32 Å². The zero-order valence-corrected chi connectivity index (χ0v) is 14.3. The molecule has 2 rings (SSSR count). The highest BCUT2D eigenvalue weighted by Crippen LogP contribution is 2.32. The van der Waals surface area contributed by atoms with Crippen LogP contribution < -0.4 is 5.32 Å². The van der Waals surface area contributed by atoms with Gasteiger partial charge in [0.05, 0.1) is 0 Å². The fourth-order valence-electron chi connectivity index (χ4n) is 2.16. The van der Waals surface area contributed by atoms with E-state index in [4.69, 9.17) is 0 Å². The maximum Gasteiger partial charge on any atom is 0.0216 e. The third kappa shape index (κ3) is 4.62. The van der Waals surface area contributed by atoms with Gasteiger partial charge in [0.25, 0.3) is 0 Å². The zero-order valence-electron chi connectivity index (χ0n) is 13.4. The minimum absolute atomic E-state index is 0.214. The van der Waals surface area contributed by atoms with Gasteiger partial charge in [-0.25, -0.2) is 0 Å². The topological polar surface area (TPSA) is 12.0 Å². The Balaban J connectivity index is 2.15. The standard InChI is InChI=1S/C19H25NS/c1-5-20-14-15-8-6-7-9-18(15)21-17-12-10-16(11-13-17)19(2,3)4/h6-13,20H,5,14H2,1-4H3. The summed E-state index contributed by atoms with van der Waals surface area (Å²) in [5.41, 5.74) is 2.96. The summed E-state index contributed by atoms with van der Waals surface area (Å²) in [5, 5.41) is 3.41. The first-order valence-electron chi connectivity index (χ1n) is 7.57. The zero-order chi connectivity index (χ0) is 15.3. The van der Waals surface area contributed by atoms with Gasteiger partial charge in [0, 0.05) is 16.3 Å². The molecule has 0 bridgehead atoms. The Morgan fingerprint density at radius 1 is 0.952 bits per heavy atom. The van der Waals surface area contributed by atoms with Crippen LogP contribution in [0.3, 0.4) is 0 Å². The lowest BCUT2D eigenvalue weighted by atomic mass is 9.87. The maximum atomic E-state index is 3.41. The number of nitrogens with one attached hydrogen (secondary N) is 1. The van der Waals surface area contributed by atoms with Crippen molar-refractivity contribution in [3.05, 3.63) is 59.7 Å². The first-order valence-corrected chi connectivity index (χ1v) is 8.39. The number of hydrogen-bond donors (Lipinski definition) is 1. The van der Waals surface area contributed by atoms with Gasteiger partial charge in [-0.2, -0.15) is 0 Å². The van der Waals surface area contributed by atoms with Gasteiger partial charge in [-0.15, -0.1) is 0 Å². The predicted molar refractivity (Wildman–Crippen MR) is 93.1 cm³/mol. The molecule has 0 heterocycles. The largest absolute Gasteiger partial charge is 0.313 e. The maximum absolute atomic E-state index is 3.41. The number of benzene rings is 2. The Morgan fingerprint density at radius 2 is 1.62 bits per heavy atom. The lowest BCUT2D eigenvalue weighted by Crippen LogP contribution is -2.12. The van der Waals surface area contributed by atoms with Crippen molar-refractivity contribution in [2.24, 2.45) is 0 Å². The third-order valence-corrected chi connectivity index (χ3v) is 4.61. The van der Waals surface area contributed by atoms with Gasteiger partial charge >= 0.3 is 0 Å². The molecule has 0 spiro atoms. The van der Waals surface area contributed by atoms with Gasteiger partial charge in [-0.1, -0.05) is 69.8 Å². The molecule has 2 heteroatoms. The molecule has 112 valence electrons. The molecule has 0 saturated carbocycles. The second-order valence-corrected chi connectivity index (χ2v) is 7.38. The van der Waals surface area contributed by atoms with E-state index in [9.17, 15) is 0 Å². The minimum atomic E-state index is 0.214. The fourth-order valence-corrected chi connectivity index (χ4v) is 3.10. The van der Waals surface area contributed by atoms with E-state index < -0.39 is 0 Å². The van der Waals surface area contributed by atoms with Crippen LogP contribution in [-0.2, 0) is 12.0 Å². The first-order chi connectivity index (χ1) is 10.0. The van der Waals surface area contributed by atoms with Crippen LogP contribution in [0.15, 0.2) is 58.3 Å². The summed E-state index contributed by atoms with van der Waals surface area (Å²) in [6, 6.07) is 17.6. The Hall–Kier alpha value is -1.25. The van der Waals surface area contributed by atoms with Crippen LogP contribution in [0.4, 0.5) is 0 Å². The molecule has 0 aromatic heterocycles. The second kappa shape index (κ2) is 7.15. The lowest BCUT2D eigenvalue weighted by molar-refractivity contribution is 0.590. The number of rotatable bonds is 5. The van der Waals surface area contributed by atoms with Crippen LogP contribution in [0, 0.1) is 0 Å². The molecule has 2 aromatic rings. The molecule has 0 aliphatic heterocycles. The van der Waals surface area contributed by atoms with Crippen LogP contribution in [-0.4, -0.2) is 6.54 Å². The summed E-state index contributed by atoms with van der Waals surface area (Å²) in [6.07, 6.45) is 0. The van der Waals surface area contributed by atoms with Crippen molar-refractivity contribution in [3.8, 4) is 0 Å². The van der Waals surface area contributed by atoms with Crippen LogP contribution in [0.5, 0.6) is 0 Å². The summed E-state index contributed by atoms with van der Waals surface area (Å²) >= 11 is 1.84. The molecule has 1 nitrogen and oxygen atoms in total. The van der Waals surface area contributed by atoms with Crippen molar-refractivity contribution in [1.29, 1.82) is 0 Å². The molecular formula is C19H25NS. The van der Waals surface area contributed by atoms with Crippen molar-refractivity contribution < 1.29 is 0 Å². The SMILES string of the molecule is CCNCc1ccccc1Sc1ccc(C(C)(C)C)cc1. The van der Waals surface area contributed by atoms with Crippen LogP contribution in [0.2, 0.25) is 0 Å². The molecule has 21 heavy (non-hydrogen) atoms. The van der Waals surface area contributed by atoms with Crippen LogP contribution >= 0.6 is 11.8 Å². The highest BCUT2D eigenvalue weighted by atomic mass is 32.2. The Bertz CT molecular complexity index is 567. The predicted octanol–water partition coefficient (Wildman–Crippen LogP) is 5.24. The number of hydrogen-bond acceptors (Lipinski definition) is 2. The molecule has 0 radical (unpaired) electrons. The summed E-state index contributed by atoms with van der Waals surface area (Å²) in [7, 11) is 0. The van der Waals surface area contributed by atoms with E-state index in [1.54, 1.807) is 0 Å². The quantitative estimate of drug-likeness (QED) is 0.809. The van der Waals surface area contributed by atoms with E-state index in [0.717, 1.165) is 13.1 Å². The minimum Gasteiger partial charge on any atom is -0.313 e. The first kappa shape index (κ1) is 16.1. The van der Waals surface area contributed by atoms with Crippen molar-refractivity contribution in [3.63, 3.8) is 0 Å². The smallest absolute Gasteiger partial charge is 0.0216 e. The fraction of sp³-hybridized carbons (Fsp3) is 0.368. The van der Waals surface area contributed by atoms with E-state index in [1.807, 2.05) is 11.8 Å².